The van der Waals surface area contributed by atoms with Crippen LogP contribution < -0.4 is 5.32 Å². The van der Waals surface area contributed by atoms with Crippen LogP contribution in [-0.2, 0) is 9.59 Å². The molecule has 1 N–H and O–H groups in total. The molecule has 0 aromatic heterocycles. The van der Waals surface area contributed by atoms with Crippen LogP contribution in [0.2, 0.25) is 0 Å². The summed E-state index contributed by atoms with van der Waals surface area (Å²) in [6, 6.07) is 0. The van der Waals surface area contributed by atoms with Gasteiger partial charge in [0.1, 0.15) is 0 Å². The summed E-state index contributed by atoms with van der Waals surface area (Å²) in [5, 5.41) is 2.61. The Kier molecular flexibility index (Phi) is 7.76. The zero-order valence-electron chi connectivity index (χ0n) is 10.7. The molecule has 0 aliphatic rings. The quantitative estimate of drug-likeness (QED) is 0.537. The molecule has 0 heterocycles. The molecule has 0 bridgehead atoms. The average Bonchev–Trinajstić information content (AvgIpc) is 2.27. The Balaban J connectivity index is 4.19. The maximum absolute atomic E-state index is 11.7. The van der Waals surface area contributed by atoms with Crippen LogP contribution in [-0.4, -0.2) is 36.3 Å². The van der Waals surface area contributed by atoms with Gasteiger partial charge in [0.2, 0.25) is 0 Å². The lowest BCUT2D eigenvalue weighted by atomic mass is 10.1. The number of rotatable bonds is 7. The van der Waals surface area contributed by atoms with E-state index in [2.05, 4.69) is 32.3 Å². The second kappa shape index (κ2) is 8.56. The highest BCUT2D eigenvalue weighted by Crippen LogP contribution is 1.97. The summed E-state index contributed by atoms with van der Waals surface area (Å²) in [4.78, 5) is 24.7. The van der Waals surface area contributed by atoms with Gasteiger partial charge < -0.3 is 10.2 Å². The fraction of sp³-hybridized carbons (Fsp3) is 0.538. The molecule has 0 aromatic carbocycles. The van der Waals surface area contributed by atoms with Crippen LogP contribution in [0.15, 0.2) is 25.3 Å². The van der Waals surface area contributed by atoms with Gasteiger partial charge in [-0.1, -0.05) is 26.0 Å². The highest BCUT2D eigenvalue weighted by atomic mass is 16.2. The van der Waals surface area contributed by atoms with Crippen molar-refractivity contribution in [2.75, 3.05) is 19.6 Å². The predicted octanol–water partition coefficient (Wildman–Crippen LogP) is 1.35. The van der Waals surface area contributed by atoms with Crippen LogP contribution in [0.25, 0.3) is 0 Å². The van der Waals surface area contributed by atoms with E-state index in [1.54, 1.807) is 12.2 Å². The van der Waals surface area contributed by atoms with Gasteiger partial charge >= 0.3 is 11.8 Å². The largest absolute Gasteiger partial charge is 0.348 e. The van der Waals surface area contributed by atoms with Crippen LogP contribution >= 0.6 is 0 Å². The molecule has 2 amide bonds. The van der Waals surface area contributed by atoms with Crippen molar-refractivity contribution >= 4 is 11.8 Å². The van der Waals surface area contributed by atoms with Crippen molar-refractivity contribution < 1.29 is 9.59 Å². The molecule has 0 rings (SSSR count). The highest BCUT2D eigenvalue weighted by molar-refractivity contribution is 6.35. The predicted molar refractivity (Wildman–Crippen MR) is 69.4 cm³/mol. The van der Waals surface area contributed by atoms with Crippen molar-refractivity contribution in [3.05, 3.63) is 25.3 Å². The Hall–Kier alpha value is -1.58. The van der Waals surface area contributed by atoms with E-state index in [1.807, 2.05) is 0 Å². The number of nitrogens with one attached hydrogen (secondary N) is 1. The zero-order chi connectivity index (χ0) is 13.3. The van der Waals surface area contributed by atoms with E-state index in [0.717, 1.165) is 6.42 Å². The number of hydrogen-bond donors (Lipinski definition) is 1. The molecule has 0 fully saturated rings. The fourth-order valence-electron chi connectivity index (χ4n) is 1.25. The minimum Gasteiger partial charge on any atom is -0.348 e. The molecule has 96 valence electrons. The van der Waals surface area contributed by atoms with Crippen LogP contribution in [0.4, 0.5) is 0 Å². The second-order valence-electron chi connectivity index (χ2n) is 4.23. The van der Waals surface area contributed by atoms with Crippen molar-refractivity contribution in [2.24, 2.45) is 5.92 Å². The second-order valence-corrected chi connectivity index (χ2v) is 4.23. The molecule has 0 unspecified atom stereocenters. The van der Waals surface area contributed by atoms with E-state index in [1.165, 1.54) is 4.90 Å². The molecule has 0 spiro atoms. The Morgan fingerprint density at radius 2 is 1.76 bits per heavy atom. The smallest absolute Gasteiger partial charge is 0.312 e. The first-order valence-corrected chi connectivity index (χ1v) is 5.81. The van der Waals surface area contributed by atoms with E-state index >= 15 is 0 Å². The van der Waals surface area contributed by atoms with Gasteiger partial charge in [-0.3, -0.25) is 9.59 Å². The molecule has 0 radical (unpaired) electrons. The lowest BCUT2D eigenvalue weighted by Gasteiger charge is -2.18. The molecule has 4 heteroatoms. The van der Waals surface area contributed by atoms with Gasteiger partial charge in [-0.15, -0.1) is 13.2 Å². The minimum atomic E-state index is -0.561. The molecule has 4 nitrogen and oxygen atoms in total. The van der Waals surface area contributed by atoms with Crippen LogP contribution in [0, 0.1) is 5.92 Å². The Morgan fingerprint density at radius 1 is 1.24 bits per heavy atom. The molecule has 0 atom stereocenters. The first kappa shape index (κ1) is 15.4. The summed E-state index contributed by atoms with van der Waals surface area (Å²) >= 11 is 0. The standard InChI is InChI=1S/C13H22N2O2/c1-5-9-15(10-6-2)13(17)12(16)14-8-7-11(3)4/h5-6,11H,1-2,7-10H2,3-4H3,(H,14,16). The summed E-state index contributed by atoms with van der Waals surface area (Å²) in [7, 11) is 0. The summed E-state index contributed by atoms with van der Waals surface area (Å²) < 4.78 is 0. The van der Waals surface area contributed by atoms with E-state index in [0.29, 0.717) is 25.6 Å². The molecule has 0 aliphatic carbocycles. The molecular formula is C13H22N2O2. The van der Waals surface area contributed by atoms with Gasteiger partial charge in [0, 0.05) is 19.6 Å². The lowest BCUT2D eigenvalue weighted by molar-refractivity contribution is -0.145. The number of hydrogen-bond acceptors (Lipinski definition) is 2. The minimum absolute atomic E-state index is 0.350. The highest BCUT2D eigenvalue weighted by Gasteiger charge is 2.19. The fourth-order valence-corrected chi connectivity index (χ4v) is 1.25. The number of carbonyl (C=O) groups excluding carboxylic acids is 2. The van der Waals surface area contributed by atoms with E-state index in [-0.39, 0.29) is 0 Å². The van der Waals surface area contributed by atoms with E-state index < -0.39 is 11.8 Å². The summed E-state index contributed by atoms with van der Waals surface area (Å²) in [6.45, 7) is 12.5. The first-order valence-electron chi connectivity index (χ1n) is 5.81. The summed E-state index contributed by atoms with van der Waals surface area (Å²) in [5.41, 5.74) is 0. The zero-order valence-corrected chi connectivity index (χ0v) is 10.7. The first-order chi connectivity index (χ1) is 8.02. The molecule has 17 heavy (non-hydrogen) atoms. The van der Waals surface area contributed by atoms with E-state index in [9.17, 15) is 9.59 Å². The van der Waals surface area contributed by atoms with E-state index in [4.69, 9.17) is 0 Å². The maximum atomic E-state index is 11.7. The van der Waals surface area contributed by atoms with Crippen molar-refractivity contribution in [1.29, 1.82) is 0 Å². The lowest BCUT2D eigenvalue weighted by Crippen LogP contribution is -2.43. The molecule has 0 aromatic rings. The monoisotopic (exact) mass is 238 g/mol. The topological polar surface area (TPSA) is 49.4 Å². The third-order valence-corrected chi connectivity index (χ3v) is 2.19. The molecule has 0 saturated heterocycles. The van der Waals surface area contributed by atoms with Crippen LogP contribution in [0.3, 0.4) is 0 Å². The van der Waals surface area contributed by atoms with Crippen LogP contribution in [0.1, 0.15) is 20.3 Å². The molecular weight excluding hydrogens is 216 g/mol. The summed E-state index contributed by atoms with van der Waals surface area (Å²) in [6.07, 6.45) is 4.04. The van der Waals surface area contributed by atoms with Crippen LogP contribution in [0.5, 0.6) is 0 Å². The maximum Gasteiger partial charge on any atom is 0.312 e. The van der Waals surface area contributed by atoms with Gasteiger partial charge in [-0.25, -0.2) is 0 Å². The van der Waals surface area contributed by atoms with Gasteiger partial charge in [-0.2, -0.15) is 0 Å². The Bertz CT molecular complexity index is 275. The third kappa shape index (κ3) is 6.56. The molecule has 0 aliphatic heterocycles. The van der Waals surface area contributed by atoms with Crippen molar-refractivity contribution in [1.82, 2.24) is 10.2 Å². The normalized spacial score (nSPS) is 9.82. The number of nitrogens with zero attached hydrogens (tertiary/aromatic N) is 1. The molecule has 0 saturated carbocycles. The van der Waals surface area contributed by atoms with Crippen molar-refractivity contribution in [2.45, 2.75) is 20.3 Å². The van der Waals surface area contributed by atoms with Gasteiger partial charge in [-0.05, 0) is 12.3 Å². The van der Waals surface area contributed by atoms with Gasteiger partial charge in [0.25, 0.3) is 0 Å². The number of amides is 2. The van der Waals surface area contributed by atoms with Crippen molar-refractivity contribution in [3.63, 3.8) is 0 Å². The van der Waals surface area contributed by atoms with Gasteiger partial charge in [0.15, 0.2) is 0 Å². The average molecular weight is 238 g/mol. The summed E-state index contributed by atoms with van der Waals surface area (Å²) in [5.74, 6) is -0.592. The number of carbonyl (C=O) groups is 2. The van der Waals surface area contributed by atoms with Crippen molar-refractivity contribution in [3.8, 4) is 0 Å². The SMILES string of the molecule is C=CCN(CC=C)C(=O)C(=O)NCCC(C)C. The van der Waals surface area contributed by atoms with Gasteiger partial charge in [0.05, 0.1) is 0 Å². The third-order valence-electron chi connectivity index (χ3n) is 2.19. The Labute approximate surface area is 103 Å². The Morgan fingerprint density at radius 3 is 2.18 bits per heavy atom.